The fourth-order valence-corrected chi connectivity index (χ4v) is 2.85. The van der Waals surface area contributed by atoms with Crippen molar-refractivity contribution in [1.29, 1.82) is 0 Å². The minimum atomic E-state index is -0.492. The summed E-state index contributed by atoms with van der Waals surface area (Å²) < 4.78 is 1.42. The Morgan fingerprint density at radius 1 is 1.46 bits per heavy atom. The number of nitrogen functional groups attached to an aromatic ring is 1. The molecule has 4 N–H and O–H groups in total. The fraction of sp³-hybridized carbons (Fsp3) is 0.688. The van der Waals surface area contributed by atoms with Crippen molar-refractivity contribution in [2.24, 2.45) is 5.92 Å². The maximum absolute atomic E-state index is 12.4. The molecule has 0 bridgehead atoms. The first kappa shape index (κ1) is 18.5. The van der Waals surface area contributed by atoms with Crippen LogP contribution in [-0.2, 0) is 6.54 Å². The number of hydrogen-bond donors (Lipinski definition) is 3. The van der Waals surface area contributed by atoms with Gasteiger partial charge in [-0.3, -0.25) is 14.3 Å². The number of aromatic nitrogens is 2. The Morgan fingerprint density at radius 2 is 2.12 bits per heavy atom. The molecule has 0 aliphatic heterocycles. The Hall–Kier alpha value is -1.83. The van der Waals surface area contributed by atoms with Crippen LogP contribution in [0, 0.1) is 5.92 Å². The second-order valence-corrected chi connectivity index (χ2v) is 7.11. The molecule has 2 rings (SSSR count). The predicted octanol–water partition coefficient (Wildman–Crippen LogP) is 1.42. The van der Waals surface area contributed by atoms with Gasteiger partial charge in [0.15, 0.2) is 10.8 Å². The first-order valence-electron chi connectivity index (χ1n) is 8.55. The van der Waals surface area contributed by atoms with E-state index in [-0.39, 0.29) is 17.4 Å². The van der Waals surface area contributed by atoms with Crippen molar-refractivity contribution < 1.29 is 0 Å². The van der Waals surface area contributed by atoms with E-state index < -0.39 is 11.2 Å². The normalized spacial score (nSPS) is 14.0. The van der Waals surface area contributed by atoms with Crippen LogP contribution in [0.25, 0.3) is 0 Å². The molecule has 1 aromatic rings. The van der Waals surface area contributed by atoms with Crippen LogP contribution in [0.5, 0.6) is 0 Å². The largest absolute Gasteiger partial charge is 0.383 e. The number of thiocarbonyl (C=S) groups is 1. The standard InChI is InChI=1S/C16H27N5O2S/c1-4-5-8-20(16(24)18-11-6-7-11)12-13(17)21(9-10(2)3)15(23)19-14(12)22/h10-11H,4-9,17H2,1-3H3,(H,18,24)(H,19,22,23). The number of aromatic amines is 1. The Labute approximate surface area is 147 Å². The van der Waals surface area contributed by atoms with Crippen LogP contribution in [0.2, 0.25) is 0 Å². The molecule has 1 fully saturated rings. The molecule has 1 heterocycles. The fourth-order valence-electron chi connectivity index (χ4n) is 2.50. The summed E-state index contributed by atoms with van der Waals surface area (Å²) in [4.78, 5) is 28.6. The van der Waals surface area contributed by atoms with Gasteiger partial charge in [0.05, 0.1) is 0 Å². The summed E-state index contributed by atoms with van der Waals surface area (Å²) in [5, 5.41) is 3.75. The van der Waals surface area contributed by atoms with Crippen LogP contribution < -0.4 is 27.2 Å². The van der Waals surface area contributed by atoms with Crippen molar-refractivity contribution in [1.82, 2.24) is 14.9 Å². The minimum absolute atomic E-state index is 0.175. The molecule has 0 saturated heterocycles. The summed E-state index contributed by atoms with van der Waals surface area (Å²) >= 11 is 5.49. The van der Waals surface area contributed by atoms with E-state index in [2.05, 4.69) is 17.2 Å². The van der Waals surface area contributed by atoms with Gasteiger partial charge in [0.1, 0.15) is 5.82 Å². The van der Waals surface area contributed by atoms with Gasteiger partial charge in [-0.1, -0.05) is 27.2 Å². The smallest absolute Gasteiger partial charge is 0.330 e. The number of unbranched alkanes of at least 4 members (excludes halogenated alkanes) is 1. The second kappa shape index (κ2) is 7.83. The number of rotatable bonds is 7. The van der Waals surface area contributed by atoms with Gasteiger partial charge in [-0.15, -0.1) is 0 Å². The molecule has 0 amide bonds. The van der Waals surface area contributed by atoms with Crippen molar-refractivity contribution >= 4 is 28.8 Å². The highest BCUT2D eigenvalue weighted by molar-refractivity contribution is 7.80. The van der Waals surface area contributed by atoms with Gasteiger partial charge in [0.25, 0.3) is 5.56 Å². The zero-order valence-electron chi connectivity index (χ0n) is 14.6. The van der Waals surface area contributed by atoms with E-state index >= 15 is 0 Å². The number of anilines is 2. The molecule has 7 nitrogen and oxygen atoms in total. The summed E-state index contributed by atoms with van der Waals surface area (Å²) in [7, 11) is 0. The Balaban J connectivity index is 2.44. The van der Waals surface area contributed by atoms with Crippen molar-refractivity contribution in [3.63, 3.8) is 0 Å². The van der Waals surface area contributed by atoms with E-state index in [4.69, 9.17) is 18.0 Å². The molecule has 0 unspecified atom stereocenters. The van der Waals surface area contributed by atoms with E-state index in [9.17, 15) is 9.59 Å². The first-order chi connectivity index (χ1) is 11.3. The van der Waals surface area contributed by atoms with E-state index in [1.54, 1.807) is 4.90 Å². The Kier molecular flexibility index (Phi) is 6.04. The zero-order chi connectivity index (χ0) is 17.9. The van der Waals surface area contributed by atoms with Crippen molar-refractivity contribution in [2.75, 3.05) is 17.2 Å². The average Bonchev–Trinajstić information content (AvgIpc) is 3.30. The van der Waals surface area contributed by atoms with E-state index in [0.29, 0.717) is 24.2 Å². The predicted molar refractivity (Wildman–Crippen MR) is 102 cm³/mol. The summed E-state index contributed by atoms with van der Waals surface area (Å²) in [6.07, 6.45) is 4.00. The molecule has 0 aromatic carbocycles. The topological polar surface area (TPSA) is 96.2 Å². The van der Waals surface area contributed by atoms with E-state index in [1.807, 2.05) is 13.8 Å². The maximum Gasteiger partial charge on any atom is 0.330 e. The highest BCUT2D eigenvalue weighted by atomic mass is 32.1. The quantitative estimate of drug-likeness (QED) is 0.642. The van der Waals surface area contributed by atoms with Crippen LogP contribution in [0.1, 0.15) is 46.5 Å². The average molecular weight is 353 g/mol. The number of hydrogen-bond acceptors (Lipinski definition) is 4. The van der Waals surface area contributed by atoms with Crippen LogP contribution in [-0.4, -0.2) is 27.3 Å². The van der Waals surface area contributed by atoms with Crippen molar-refractivity contribution in [3.8, 4) is 0 Å². The van der Waals surface area contributed by atoms with E-state index in [0.717, 1.165) is 25.7 Å². The van der Waals surface area contributed by atoms with Gasteiger partial charge in [-0.05, 0) is 37.4 Å². The Bertz CT molecular complexity index is 705. The zero-order valence-corrected chi connectivity index (χ0v) is 15.4. The van der Waals surface area contributed by atoms with E-state index in [1.165, 1.54) is 4.57 Å². The summed E-state index contributed by atoms with van der Waals surface area (Å²) in [5.41, 5.74) is 5.50. The lowest BCUT2D eigenvalue weighted by Gasteiger charge is -2.27. The maximum atomic E-state index is 12.4. The Morgan fingerprint density at radius 3 is 2.67 bits per heavy atom. The van der Waals surface area contributed by atoms with Gasteiger partial charge < -0.3 is 16.0 Å². The van der Waals surface area contributed by atoms with Gasteiger partial charge in [0, 0.05) is 19.1 Å². The molecule has 1 aliphatic carbocycles. The molecular weight excluding hydrogens is 326 g/mol. The summed E-state index contributed by atoms with van der Waals surface area (Å²) in [6, 6.07) is 0.378. The number of nitrogens with zero attached hydrogens (tertiary/aromatic N) is 2. The first-order valence-corrected chi connectivity index (χ1v) is 8.96. The van der Waals surface area contributed by atoms with Crippen LogP contribution in [0.3, 0.4) is 0 Å². The van der Waals surface area contributed by atoms with Crippen LogP contribution in [0.15, 0.2) is 9.59 Å². The SMILES string of the molecule is CCCCN(C(=S)NC1CC1)c1c(N)n(CC(C)C)c(=O)[nH]c1=O. The highest BCUT2D eigenvalue weighted by Crippen LogP contribution is 2.22. The minimum Gasteiger partial charge on any atom is -0.383 e. The summed E-state index contributed by atoms with van der Waals surface area (Å²) in [5.74, 6) is 0.401. The molecule has 8 heteroatoms. The third-order valence-corrected chi connectivity index (χ3v) is 4.26. The van der Waals surface area contributed by atoms with Crippen LogP contribution in [0.4, 0.5) is 11.5 Å². The monoisotopic (exact) mass is 353 g/mol. The van der Waals surface area contributed by atoms with Gasteiger partial charge in [0.2, 0.25) is 0 Å². The molecule has 0 radical (unpaired) electrons. The molecule has 1 saturated carbocycles. The van der Waals surface area contributed by atoms with Crippen LogP contribution >= 0.6 is 12.2 Å². The molecule has 0 atom stereocenters. The summed E-state index contributed by atoms with van der Waals surface area (Å²) in [6.45, 7) is 7.08. The lowest BCUT2D eigenvalue weighted by molar-refractivity contribution is 0.507. The lowest BCUT2D eigenvalue weighted by Crippen LogP contribution is -2.46. The van der Waals surface area contributed by atoms with Gasteiger partial charge in [-0.2, -0.15) is 0 Å². The second-order valence-electron chi connectivity index (χ2n) is 6.73. The molecule has 24 heavy (non-hydrogen) atoms. The third kappa shape index (κ3) is 4.37. The lowest BCUT2D eigenvalue weighted by atomic mass is 10.2. The third-order valence-electron chi connectivity index (χ3n) is 3.92. The number of nitrogens with two attached hydrogens (primary N) is 1. The van der Waals surface area contributed by atoms with Crippen molar-refractivity contribution in [3.05, 3.63) is 20.8 Å². The highest BCUT2D eigenvalue weighted by Gasteiger charge is 2.27. The van der Waals surface area contributed by atoms with Gasteiger partial charge in [-0.25, -0.2) is 4.79 Å². The molecule has 1 aliphatic rings. The van der Waals surface area contributed by atoms with Gasteiger partial charge >= 0.3 is 5.69 Å². The number of nitrogens with one attached hydrogen (secondary N) is 2. The molecular formula is C16H27N5O2S. The molecule has 134 valence electrons. The van der Waals surface area contributed by atoms with Crippen molar-refractivity contribution in [2.45, 2.75) is 59.0 Å². The molecule has 1 aromatic heterocycles. The number of H-pyrrole nitrogens is 1. The molecule has 0 spiro atoms.